The SMILES string of the molecule is Cc1cc(C)n(Cc2nnc3n2CCN(C(=O)OC(C)(C)C)C3)n1. The van der Waals surface area contributed by atoms with E-state index >= 15 is 0 Å². The van der Waals surface area contributed by atoms with E-state index in [-0.39, 0.29) is 6.09 Å². The molecule has 0 spiro atoms. The number of carbonyl (C=O) groups excluding carboxylic acids is 1. The van der Waals surface area contributed by atoms with E-state index in [0.717, 1.165) is 23.0 Å². The lowest BCUT2D eigenvalue weighted by molar-refractivity contribution is 0.0194. The molecular formula is C16H24N6O2. The van der Waals surface area contributed by atoms with Gasteiger partial charge in [-0.15, -0.1) is 10.2 Å². The Morgan fingerprint density at radius 3 is 2.62 bits per heavy atom. The highest BCUT2D eigenvalue weighted by atomic mass is 16.6. The van der Waals surface area contributed by atoms with Crippen molar-refractivity contribution in [1.82, 2.24) is 29.4 Å². The third-order valence-corrected chi connectivity index (χ3v) is 3.88. The second kappa shape index (κ2) is 5.92. The van der Waals surface area contributed by atoms with E-state index in [1.54, 1.807) is 4.90 Å². The van der Waals surface area contributed by atoms with Gasteiger partial charge in [0.2, 0.25) is 0 Å². The minimum atomic E-state index is -0.497. The molecule has 0 aromatic carbocycles. The molecule has 2 aromatic rings. The van der Waals surface area contributed by atoms with Crippen LogP contribution in [0.25, 0.3) is 0 Å². The number of hydrogen-bond acceptors (Lipinski definition) is 5. The third kappa shape index (κ3) is 3.42. The van der Waals surface area contributed by atoms with Crippen molar-refractivity contribution in [2.75, 3.05) is 6.54 Å². The van der Waals surface area contributed by atoms with Crippen LogP contribution in [0.2, 0.25) is 0 Å². The number of amides is 1. The van der Waals surface area contributed by atoms with Gasteiger partial charge in [-0.2, -0.15) is 5.10 Å². The Balaban J connectivity index is 1.72. The fourth-order valence-corrected chi connectivity index (χ4v) is 2.79. The van der Waals surface area contributed by atoms with Gasteiger partial charge in [0.15, 0.2) is 11.6 Å². The van der Waals surface area contributed by atoms with Gasteiger partial charge >= 0.3 is 6.09 Å². The number of fused-ring (bicyclic) bond motifs is 1. The van der Waals surface area contributed by atoms with Crippen LogP contribution in [-0.2, 0) is 24.4 Å². The fourth-order valence-electron chi connectivity index (χ4n) is 2.79. The predicted octanol–water partition coefficient (Wildman–Crippen LogP) is 1.89. The van der Waals surface area contributed by atoms with E-state index in [4.69, 9.17) is 4.74 Å². The Hall–Kier alpha value is -2.38. The largest absolute Gasteiger partial charge is 0.444 e. The lowest BCUT2D eigenvalue weighted by Gasteiger charge is -2.30. The van der Waals surface area contributed by atoms with Crippen LogP contribution in [0, 0.1) is 13.8 Å². The number of aryl methyl sites for hydroxylation is 2. The van der Waals surface area contributed by atoms with Gasteiger partial charge in [0, 0.05) is 18.8 Å². The van der Waals surface area contributed by atoms with Crippen LogP contribution in [0.4, 0.5) is 4.79 Å². The van der Waals surface area contributed by atoms with Crippen molar-refractivity contribution in [3.05, 3.63) is 29.1 Å². The molecule has 8 nitrogen and oxygen atoms in total. The van der Waals surface area contributed by atoms with Gasteiger partial charge in [0.25, 0.3) is 0 Å². The summed E-state index contributed by atoms with van der Waals surface area (Å²) in [4.78, 5) is 13.9. The van der Waals surface area contributed by atoms with Crippen molar-refractivity contribution in [1.29, 1.82) is 0 Å². The second-order valence-corrected chi connectivity index (χ2v) is 7.17. The van der Waals surface area contributed by atoms with Crippen LogP contribution in [0.1, 0.15) is 43.8 Å². The first-order valence-corrected chi connectivity index (χ1v) is 8.13. The lowest BCUT2D eigenvalue weighted by Crippen LogP contribution is -2.41. The number of hydrogen-bond donors (Lipinski definition) is 0. The molecule has 1 amide bonds. The number of ether oxygens (including phenoxy) is 1. The number of nitrogens with zero attached hydrogens (tertiary/aromatic N) is 6. The predicted molar refractivity (Wildman–Crippen MR) is 87.5 cm³/mol. The molecule has 0 saturated heterocycles. The van der Waals surface area contributed by atoms with E-state index in [9.17, 15) is 4.79 Å². The summed E-state index contributed by atoms with van der Waals surface area (Å²) in [6.45, 7) is 11.8. The molecule has 130 valence electrons. The Labute approximate surface area is 141 Å². The zero-order valence-electron chi connectivity index (χ0n) is 14.9. The van der Waals surface area contributed by atoms with Crippen molar-refractivity contribution in [3.8, 4) is 0 Å². The molecule has 1 aliphatic heterocycles. The molecule has 3 rings (SSSR count). The van der Waals surface area contributed by atoms with E-state index in [1.807, 2.05) is 45.4 Å². The van der Waals surface area contributed by atoms with Crippen molar-refractivity contribution < 1.29 is 9.53 Å². The average Bonchev–Trinajstić information content (AvgIpc) is 3.00. The maximum absolute atomic E-state index is 12.2. The summed E-state index contributed by atoms with van der Waals surface area (Å²) in [6.07, 6.45) is -0.308. The van der Waals surface area contributed by atoms with E-state index in [0.29, 0.717) is 26.2 Å². The normalized spacial score (nSPS) is 14.6. The van der Waals surface area contributed by atoms with Crippen LogP contribution in [0.5, 0.6) is 0 Å². The zero-order valence-corrected chi connectivity index (χ0v) is 14.9. The molecule has 24 heavy (non-hydrogen) atoms. The molecule has 0 aliphatic carbocycles. The van der Waals surface area contributed by atoms with Gasteiger partial charge in [-0.25, -0.2) is 4.79 Å². The highest BCUT2D eigenvalue weighted by molar-refractivity contribution is 5.68. The van der Waals surface area contributed by atoms with Crippen LogP contribution in [0.3, 0.4) is 0 Å². The second-order valence-electron chi connectivity index (χ2n) is 7.17. The van der Waals surface area contributed by atoms with Crippen molar-refractivity contribution in [3.63, 3.8) is 0 Å². The number of aromatic nitrogens is 5. The van der Waals surface area contributed by atoms with Gasteiger partial charge in [-0.05, 0) is 40.7 Å². The molecule has 0 atom stereocenters. The Kier molecular flexibility index (Phi) is 4.06. The Morgan fingerprint density at radius 1 is 1.25 bits per heavy atom. The quantitative estimate of drug-likeness (QED) is 0.839. The van der Waals surface area contributed by atoms with Crippen molar-refractivity contribution in [2.24, 2.45) is 0 Å². The topological polar surface area (TPSA) is 78.1 Å². The maximum Gasteiger partial charge on any atom is 0.410 e. The van der Waals surface area contributed by atoms with Gasteiger partial charge in [0.1, 0.15) is 12.1 Å². The van der Waals surface area contributed by atoms with E-state index in [2.05, 4.69) is 19.9 Å². The van der Waals surface area contributed by atoms with Gasteiger partial charge in [-0.1, -0.05) is 0 Å². The smallest absolute Gasteiger partial charge is 0.410 e. The first-order chi connectivity index (χ1) is 11.2. The molecule has 2 aromatic heterocycles. The molecule has 3 heterocycles. The highest BCUT2D eigenvalue weighted by Crippen LogP contribution is 2.17. The lowest BCUT2D eigenvalue weighted by atomic mass is 10.2. The highest BCUT2D eigenvalue weighted by Gasteiger charge is 2.28. The minimum absolute atomic E-state index is 0.308. The molecule has 0 N–H and O–H groups in total. The summed E-state index contributed by atoms with van der Waals surface area (Å²) in [5.74, 6) is 1.64. The molecule has 8 heteroatoms. The van der Waals surface area contributed by atoms with E-state index in [1.165, 1.54) is 0 Å². The van der Waals surface area contributed by atoms with Crippen molar-refractivity contribution in [2.45, 2.75) is 59.9 Å². The Morgan fingerprint density at radius 2 is 2.00 bits per heavy atom. The van der Waals surface area contributed by atoms with Crippen LogP contribution in [0.15, 0.2) is 6.07 Å². The molecule has 0 unspecified atom stereocenters. The molecule has 1 aliphatic rings. The Bertz CT molecular complexity index is 755. The van der Waals surface area contributed by atoms with Gasteiger partial charge in [0.05, 0.1) is 12.2 Å². The monoisotopic (exact) mass is 332 g/mol. The van der Waals surface area contributed by atoms with E-state index < -0.39 is 5.60 Å². The zero-order chi connectivity index (χ0) is 17.5. The summed E-state index contributed by atoms with van der Waals surface area (Å²) in [6, 6.07) is 2.04. The molecule has 0 saturated carbocycles. The van der Waals surface area contributed by atoms with Gasteiger partial charge in [-0.3, -0.25) is 9.58 Å². The first kappa shape index (κ1) is 16.5. The number of carbonyl (C=O) groups is 1. The summed E-state index contributed by atoms with van der Waals surface area (Å²) in [5.41, 5.74) is 1.58. The van der Waals surface area contributed by atoms with Crippen LogP contribution < -0.4 is 0 Å². The first-order valence-electron chi connectivity index (χ1n) is 8.13. The minimum Gasteiger partial charge on any atom is -0.444 e. The summed E-state index contributed by atoms with van der Waals surface area (Å²) in [5, 5.41) is 13.0. The summed E-state index contributed by atoms with van der Waals surface area (Å²) >= 11 is 0. The standard InChI is InChI=1S/C16H24N6O2/c1-11-8-12(2)22(19-11)10-14-18-17-13-9-20(6-7-21(13)14)15(23)24-16(3,4)5/h8H,6-7,9-10H2,1-5H3. The van der Waals surface area contributed by atoms with Crippen molar-refractivity contribution >= 4 is 6.09 Å². The van der Waals surface area contributed by atoms with Crippen LogP contribution in [-0.4, -0.2) is 47.7 Å². The third-order valence-electron chi connectivity index (χ3n) is 3.88. The molecular weight excluding hydrogens is 308 g/mol. The average molecular weight is 332 g/mol. The fraction of sp³-hybridized carbons (Fsp3) is 0.625. The maximum atomic E-state index is 12.2. The molecule has 0 fully saturated rings. The molecule has 0 bridgehead atoms. The summed E-state index contributed by atoms with van der Waals surface area (Å²) < 4.78 is 9.42. The van der Waals surface area contributed by atoms with Gasteiger partial charge < -0.3 is 9.30 Å². The molecule has 0 radical (unpaired) electrons. The van der Waals surface area contributed by atoms with Crippen LogP contribution >= 0.6 is 0 Å². The number of rotatable bonds is 2. The summed E-state index contributed by atoms with van der Waals surface area (Å²) in [7, 11) is 0.